The van der Waals surface area contributed by atoms with Crippen LogP contribution in [0.25, 0.3) is 0 Å². The highest BCUT2D eigenvalue weighted by atomic mass is 16.5. The van der Waals surface area contributed by atoms with Gasteiger partial charge < -0.3 is 9.64 Å². The van der Waals surface area contributed by atoms with Crippen LogP contribution in [0.2, 0.25) is 0 Å². The van der Waals surface area contributed by atoms with E-state index in [1.165, 1.54) is 11.1 Å². The Morgan fingerprint density at radius 2 is 2.04 bits per heavy atom. The zero-order valence-electron chi connectivity index (χ0n) is 13.9. The summed E-state index contributed by atoms with van der Waals surface area (Å²) in [7, 11) is 0. The number of rotatable bonds is 4. The van der Waals surface area contributed by atoms with Crippen molar-refractivity contribution in [2.45, 2.75) is 38.1 Å². The van der Waals surface area contributed by atoms with E-state index >= 15 is 0 Å². The second kappa shape index (κ2) is 6.68. The van der Waals surface area contributed by atoms with Crippen molar-refractivity contribution in [3.63, 3.8) is 0 Å². The third kappa shape index (κ3) is 3.03. The molecule has 0 unspecified atom stereocenters. The zero-order chi connectivity index (χ0) is 16.4. The number of fused-ring (bicyclic) bond motifs is 1. The summed E-state index contributed by atoms with van der Waals surface area (Å²) in [6.45, 7) is 1.61. The van der Waals surface area contributed by atoms with Crippen molar-refractivity contribution in [3.05, 3.63) is 65.2 Å². The first-order valence-corrected chi connectivity index (χ1v) is 8.92. The molecule has 1 atom stereocenters. The van der Waals surface area contributed by atoms with Crippen molar-refractivity contribution < 1.29 is 9.53 Å². The van der Waals surface area contributed by atoms with E-state index in [2.05, 4.69) is 29.2 Å². The number of likely N-dealkylation sites (tertiary alicyclic amines) is 1. The lowest BCUT2D eigenvalue weighted by Crippen LogP contribution is -2.35. The fraction of sp³-hybridized carbons (Fsp3) is 0.381. The van der Waals surface area contributed by atoms with Gasteiger partial charge in [0, 0.05) is 24.6 Å². The van der Waals surface area contributed by atoms with Crippen molar-refractivity contribution in [2.75, 3.05) is 13.2 Å². The van der Waals surface area contributed by atoms with Crippen LogP contribution in [-0.2, 0) is 12.8 Å². The highest BCUT2D eigenvalue weighted by Gasteiger charge is 2.29. The summed E-state index contributed by atoms with van der Waals surface area (Å²) >= 11 is 0. The van der Waals surface area contributed by atoms with E-state index in [1.807, 2.05) is 24.3 Å². The third-order valence-corrected chi connectivity index (χ3v) is 5.18. The summed E-state index contributed by atoms with van der Waals surface area (Å²) in [4.78, 5) is 15.0. The number of carbonyl (C=O) groups excluding carboxylic acids is 1. The smallest absolute Gasteiger partial charge is 0.254 e. The molecule has 0 aromatic heterocycles. The van der Waals surface area contributed by atoms with Crippen LogP contribution in [0.1, 0.15) is 40.7 Å². The van der Waals surface area contributed by atoms with Crippen molar-refractivity contribution >= 4 is 5.91 Å². The summed E-state index contributed by atoms with van der Waals surface area (Å²) in [6.07, 6.45) is 5.22. The maximum atomic E-state index is 13.0. The van der Waals surface area contributed by atoms with E-state index in [9.17, 15) is 4.79 Å². The molecule has 1 fully saturated rings. The molecule has 2 aliphatic rings. The molecular weight excluding hydrogens is 298 g/mol. The first kappa shape index (κ1) is 15.3. The fourth-order valence-corrected chi connectivity index (χ4v) is 3.87. The van der Waals surface area contributed by atoms with E-state index in [-0.39, 0.29) is 5.91 Å². The van der Waals surface area contributed by atoms with Crippen molar-refractivity contribution in [1.29, 1.82) is 0 Å². The third-order valence-electron chi connectivity index (χ3n) is 5.18. The molecule has 2 aromatic rings. The standard InChI is InChI=1S/C21H23NO2/c23-21(18-9-11-20-17(15-18)12-14-24-20)22-13-4-7-19(22)10-8-16-5-2-1-3-6-16/h1-3,5-6,9,11,15,19H,4,7-8,10,12-14H2/t19-/m0/s1. The van der Waals surface area contributed by atoms with Gasteiger partial charge in [-0.25, -0.2) is 0 Å². The Morgan fingerprint density at radius 3 is 2.92 bits per heavy atom. The van der Waals surface area contributed by atoms with Crippen LogP contribution < -0.4 is 4.74 Å². The molecule has 0 N–H and O–H groups in total. The van der Waals surface area contributed by atoms with Crippen LogP contribution in [0.5, 0.6) is 5.75 Å². The fourth-order valence-electron chi connectivity index (χ4n) is 3.87. The number of benzene rings is 2. The molecule has 3 heteroatoms. The van der Waals surface area contributed by atoms with E-state index in [0.29, 0.717) is 6.04 Å². The lowest BCUT2D eigenvalue weighted by atomic mass is 10.0. The Balaban J connectivity index is 1.45. The Morgan fingerprint density at radius 1 is 1.17 bits per heavy atom. The van der Waals surface area contributed by atoms with Crippen molar-refractivity contribution in [2.24, 2.45) is 0 Å². The van der Waals surface area contributed by atoms with Gasteiger partial charge in [0.1, 0.15) is 5.75 Å². The van der Waals surface area contributed by atoms with Gasteiger partial charge in [0.05, 0.1) is 6.61 Å². The minimum atomic E-state index is 0.181. The molecule has 2 aromatic carbocycles. The first-order chi connectivity index (χ1) is 11.8. The Labute approximate surface area is 143 Å². The zero-order valence-corrected chi connectivity index (χ0v) is 13.9. The van der Waals surface area contributed by atoms with Gasteiger partial charge in [0.25, 0.3) is 5.91 Å². The predicted molar refractivity (Wildman–Crippen MR) is 94.5 cm³/mol. The van der Waals surface area contributed by atoms with Gasteiger partial charge in [0.15, 0.2) is 0 Å². The molecule has 1 amide bonds. The summed E-state index contributed by atoms with van der Waals surface area (Å²) in [5, 5.41) is 0. The lowest BCUT2D eigenvalue weighted by molar-refractivity contribution is 0.0730. The van der Waals surface area contributed by atoms with E-state index in [1.54, 1.807) is 0 Å². The molecular formula is C21H23NO2. The van der Waals surface area contributed by atoms with Crippen LogP contribution in [0.3, 0.4) is 0 Å². The minimum Gasteiger partial charge on any atom is -0.493 e. The molecule has 0 aliphatic carbocycles. The SMILES string of the molecule is O=C(c1ccc2c(c1)CCO2)N1CCC[C@H]1CCc1ccccc1. The lowest BCUT2D eigenvalue weighted by Gasteiger charge is -2.25. The molecule has 24 heavy (non-hydrogen) atoms. The highest BCUT2D eigenvalue weighted by Crippen LogP contribution is 2.28. The van der Waals surface area contributed by atoms with Crippen molar-refractivity contribution in [3.8, 4) is 5.75 Å². The summed E-state index contributed by atoms with van der Waals surface area (Å²) in [5.41, 5.74) is 3.33. The molecule has 4 rings (SSSR count). The molecule has 0 radical (unpaired) electrons. The normalized spacial score (nSPS) is 19.2. The van der Waals surface area contributed by atoms with Gasteiger partial charge in [-0.3, -0.25) is 4.79 Å². The number of carbonyl (C=O) groups is 1. The molecule has 1 saturated heterocycles. The van der Waals surface area contributed by atoms with Gasteiger partial charge in [-0.15, -0.1) is 0 Å². The first-order valence-electron chi connectivity index (χ1n) is 8.92. The van der Waals surface area contributed by atoms with Crippen LogP contribution >= 0.6 is 0 Å². The average molecular weight is 321 g/mol. The maximum Gasteiger partial charge on any atom is 0.254 e. The number of ether oxygens (including phenoxy) is 1. The molecule has 2 aliphatic heterocycles. The molecule has 0 spiro atoms. The quantitative estimate of drug-likeness (QED) is 0.856. The van der Waals surface area contributed by atoms with Gasteiger partial charge in [0.2, 0.25) is 0 Å². The Hall–Kier alpha value is -2.29. The van der Waals surface area contributed by atoms with Gasteiger partial charge >= 0.3 is 0 Å². The number of hydrogen-bond acceptors (Lipinski definition) is 2. The van der Waals surface area contributed by atoms with Crippen LogP contribution in [0.4, 0.5) is 0 Å². The van der Waals surface area contributed by atoms with E-state index in [4.69, 9.17) is 4.74 Å². The highest BCUT2D eigenvalue weighted by molar-refractivity contribution is 5.95. The second-order valence-corrected chi connectivity index (χ2v) is 6.74. The summed E-state index contributed by atoms with van der Waals surface area (Å²) < 4.78 is 5.54. The topological polar surface area (TPSA) is 29.5 Å². The maximum absolute atomic E-state index is 13.0. The Bertz CT molecular complexity index is 726. The summed E-state index contributed by atoms with van der Waals surface area (Å²) in [5.74, 6) is 1.12. The minimum absolute atomic E-state index is 0.181. The second-order valence-electron chi connectivity index (χ2n) is 6.74. The number of amides is 1. The van der Waals surface area contributed by atoms with Crippen LogP contribution in [0.15, 0.2) is 48.5 Å². The number of hydrogen-bond donors (Lipinski definition) is 0. The molecule has 0 bridgehead atoms. The number of nitrogens with zero attached hydrogens (tertiary/aromatic N) is 1. The molecule has 3 nitrogen and oxygen atoms in total. The Kier molecular flexibility index (Phi) is 4.24. The van der Waals surface area contributed by atoms with Crippen LogP contribution in [0, 0.1) is 0 Å². The van der Waals surface area contributed by atoms with Gasteiger partial charge in [-0.05, 0) is 55.0 Å². The molecule has 124 valence electrons. The van der Waals surface area contributed by atoms with Gasteiger partial charge in [-0.2, -0.15) is 0 Å². The van der Waals surface area contributed by atoms with Crippen molar-refractivity contribution in [1.82, 2.24) is 4.90 Å². The molecule has 0 saturated carbocycles. The number of aryl methyl sites for hydroxylation is 1. The summed E-state index contributed by atoms with van der Waals surface area (Å²) in [6, 6.07) is 16.8. The van der Waals surface area contributed by atoms with Crippen LogP contribution in [-0.4, -0.2) is 30.0 Å². The van der Waals surface area contributed by atoms with Gasteiger partial charge in [-0.1, -0.05) is 30.3 Å². The largest absolute Gasteiger partial charge is 0.493 e. The predicted octanol–water partition coefficient (Wildman–Crippen LogP) is 3.86. The average Bonchev–Trinajstić information content (AvgIpc) is 3.28. The van der Waals surface area contributed by atoms with E-state index in [0.717, 1.165) is 56.6 Å². The van der Waals surface area contributed by atoms with E-state index < -0.39 is 0 Å². The molecule has 2 heterocycles. The monoisotopic (exact) mass is 321 g/mol.